The first-order valence-electron chi connectivity index (χ1n) is 7.42. The van der Waals surface area contributed by atoms with Gasteiger partial charge in [0, 0.05) is 42.1 Å². The number of carbonyl (C=O) groups excluding carboxylic acids is 2. The third kappa shape index (κ3) is 6.20. The van der Waals surface area contributed by atoms with Gasteiger partial charge in [-0.3, -0.25) is 9.59 Å². The van der Waals surface area contributed by atoms with Crippen LogP contribution in [0.3, 0.4) is 0 Å². The molecule has 136 valence electrons. The highest BCUT2D eigenvalue weighted by atomic mass is 79.9. The number of pyridine rings is 1. The van der Waals surface area contributed by atoms with E-state index in [2.05, 4.69) is 26.2 Å². The van der Waals surface area contributed by atoms with E-state index in [-0.39, 0.29) is 48.5 Å². The minimum absolute atomic E-state index is 0. The van der Waals surface area contributed by atoms with Crippen LogP contribution in [0, 0.1) is 11.8 Å². The van der Waals surface area contributed by atoms with Gasteiger partial charge in [-0.15, -0.1) is 24.8 Å². The molecule has 2 heterocycles. The van der Waals surface area contributed by atoms with E-state index in [4.69, 9.17) is 5.73 Å². The van der Waals surface area contributed by atoms with E-state index in [0.717, 1.165) is 4.47 Å². The monoisotopic (exact) mass is 440 g/mol. The molecule has 1 aromatic heterocycles. The molecule has 0 saturated carbocycles. The standard InChI is InChI=1S/C15H21BrN4O2.2ClH/c1-10(8-17)15(22)20-6-4-11(5-7-20)14(21)19-13-3-2-12(16)9-18-13;;/h2-3,9-11H,4-8,17H2,1H3,(H,18,19,21);2*1H. The van der Waals surface area contributed by atoms with Crippen molar-refractivity contribution in [2.75, 3.05) is 25.0 Å². The van der Waals surface area contributed by atoms with Gasteiger partial charge in [0.2, 0.25) is 11.8 Å². The van der Waals surface area contributed by atoms with E-state index in [1.807, 2.05) is 13.0 Å². The van der Waals surface area contributed by atoms with Crippen molar-refractivity contribution in [1.82, 2.24) is 9.88 Å². The first-order chi connectivity index (χ1) is 10.5. The predicted molar refractivity (Wildman–Crippen MR) is 103 cm³/mol. The molecule has 1 aliphatic rings. The quantitative estimate of drug-likeness (QED) is 0.750. The number of piperidine rings is 1. The number of aromatic nitrogens is 1. The molecule has 1 atom stereocenters. The summed E-state index contributed by atoms with van der Waals surface area (Å²) in [4.78, 5) is 30.2. The first kappa shape index (κ1) is 23.1. The number of nitrogens with two attached hydrogens (primary N) is 1. The van der Waals surface area contributed by atoms with Gasteiger partial charge >= 0.3 is 0 Å². The van der Waals surface area contributed by atoms with Gasteiger partial charge in [0.05, 0.1) is 0 Å². The van der Waals surface area contributed by atoms with Crippen LogP contribution in [0.15, 0.2) is 22.8 Å². The van der Waals surface area contributed by atoms with Crippen molar-refractivity contribution in [2.45, 2.75) is 19.8 Å². The lowest BCUT2D eigenvalue weighted by Crippen LogP contribution is -2.44. The van der Waals surface area contributed by atoms with Gasteiger partial charge < -0.3 is 16.0 Å². The van der Waals surface area contributed by atoms with Crippen LogP contribution in [0.25, 0.3) is 0 Å². The number of likely N-dealkylation sites (tertiary alicyclic amines) is 1. The maximum Gasteiger partial charge on any atom is 0.228 e. The van der Waals surface area contributed by atoms with Gasteiger partial charge in [0.25, 0.3) is 0 Å². The molecule has 0 spiro atoms. The average Bonchev–Trinajstić information content (AvgIpc) is 2.55. The van der Waals surface area contributed by atoms with Gasteiger partial charge in [-0.1, -0.05) is 6.92 Å². The Kier molecular flexibility index (Phi) is 10.5. The summed E-state index contributed by atoms with van der Waals surface area (Å²) < 4.78 is 0.867. The molecule has 1 fully saturated rings. The number of hydrogen-bond donors (Lipinski definition) is 2. The molecule has 0 aromatic carbocycles. The van der Waals surface area contributed by atoms with Crippen molar-refractivity contribution in [3.63, 3.8) is 0 Å². The molecule has 3 N–H and O–H groups in total. The zero-order valence-corrected chi connectivity index (χ0v) is 16.6. The van der Waals surface area contributed by atoms with Crippen molar-refractivity contribution < 1.29 is 9.59 Å². The molecule has 2 rings (SSSR count). The highest BCUT2D eigenvalue weighted by molar-refractivity contribution is 9.10. The summed E-state index contributed by atoms with van der Waals surface area (Å²) in [5.74, 6) is 0.355. The average molecular weight is 442 g/mol. The summed E-state index contributed by atoms with van der Waals surface area (Å²) in [6.45, 7) is 3.40. The van der Waals surface area contributed by atoms with Crippen LogP contribution < -0.4 is 11.1 Å². The van der Waals surface area contributed by atoms with Crippen LogP contribution in [0.5, 0.6) is 0 Å². The van der Waals surface area contributed by atoms with E-state index in [1.165, 1.54) is 0 Å². The van der Waals surface area contributed by atoms with Crippen molar-refractivity contribution in [3.05, 3.63) is 22.8 Å². The topological polar surface area (TPSA) is 88.3 Å². The largest absolute Gasteiger partial charge is 0.342 e. The molecule has 1 saturated heterocycles. The summed E-state index contributed by atoms with van der Waals surface area (Å²) in [5.41, 5.74) is 5.53. The molecule has 9 heteroatoms. The SMILES string of the molecule is CC(CN)C(=O)N1CCC(C(=O)Nc2ccc(Br)cn2)CC1.Cl.Cl. The molecule has 0 radical (unpaired) electrons. The fourth-order valence-electron chi connectivity index (χ4n) is 2.45. The Morgan fingerprint density at radius 3 is 2.50 bits per heavy atom. The summed E-state index contributed by atoms with van der Waals surface area (Å²) >= 11 is 3.30. The van der Waals surface area contributed by atoms with Crippen LogP contribution in [-0.4, -0.2) is 41.3 Å². The van der Waals surface area contributed by atoms with Crippen LogP contribution in [0.4, 0.5) is 5.82 Å². The first-order valence-corrected chi connectivity index (χ1v) is 8.22. The van der Waals surface area contributed by atoms with E-state index in [1.54, 1.807) is 17.2 Å². The van der Waals surface area contributed by atoms with Crippen LogP contribution >= 0.6 is 40.7 Å². The van der Waals surface area contributed by atoms with Crippen LogP contribution in [0.1, 0.15) is 19.8 Å². The Balaban J connectivity index is 0.00000264. The number of halogens is 3. The predicted octanol–water partition coefficient (Wildman–Crippen LogP) is 2.46. The van der Waals surface area contributed by atoms with Crippen LogP contribution in [0.2, 0.25) is 0 Å². The summed E-state index contributed by atoms with van der Waals surface area (Å²) in [5, 5.41) is 2.82. The van der Waals surface area contributed by atoms with E-state index >= 15 is 0 Å². The number of nitrogens with zero attached hydrogens (tertiary/aromatic N) is 2. The maximum absolute atomic E-state index is 12.2. The van der Waals surface area contributed by atoms with Crippen molar-refractivity contribution in [2.24, 2.45) is 17.6 Å². The van der Waals surface area contributed by atoms with Gasteiger partial charge in [-0.25, -0.2) is 4.98 Å². The molecule has 24 heavy (non-hydrogen) atoms. The summed E-state index contributed by atoms with van der Waals surface area (Å²) in [7, 11) is 0. The summed E-state index contributed by atoms with van der Waals surface area (Å²) in [6.07, 6.45) is 2.99. The maximum atomic E-state index is 12.2. The minimum atomic E-state index is -0.155. The second-order valence-corrected chi connectivity index (χ2v) is 6.50. The molecule has 2 amide bonds. The van der Waals surface area contributed by atoms with Gasteiger partial charge in [0.1, 0.15) is 5.82 Å². The number of nitrogens with one attached hydrogen (secondary N) is 1. The lowest BCUT2D eigenvalue weighted by atomic mass is 9.95. The van der Waals surface area contributed by atoms with E-state index in [9.17, 15) is 9.59 Å². The normalized spacial score (nSPS) is 15.7. The second kappa shape index (κ2) is 10.9. The third-order valence-electron chi connectivity index (χ3n) is 3.93. The van der Waals surface area contributed by atoms with Crippen molar-refractivity contribution >= 4 is 58.4 Å². The van der Waals surface area contributed by atoms with Crippen molar-refractivity contribution in [3.8, 4) is 0 Å². The molecule has 1 aromatic rings. The van der Waals surface area contributed by atoms with Gasteiger partial charge in [-0.2, -0.15) is 0 Å². The molecule has 0 aliphatic carbocycles. The minimum Gasteiger partial charge on any atom is -0.342 e. The van der Waals surface area contributed by atoms with Crippen LogP contribution in [-0.2, 0) is 9.59 Å². The Bertz CT molecular complexity index is 537. The molecule has 0 bridgehead atoms. The molecular formula is C15H23BrCl2N4O2. The Morgan fingerprint density at radius 1 is 1.38 bits per heavy atom. The smallest absolute Gasteiger partial charge is 0.228 e. The number of carbonyl (C=O) groups is 2. The lowest BCUT2D eigenvalue weighted by Gasteiger charge is -2.32. The fourth-order valence-corrected chi connectivity index (χ4v) is 2.69. The number of anilines is 1. The Labute approximate surface area is 162 Å². The van der Waals surface area contributed by atoms with Crippen molar-refractivity contribution in [1.29, 1.82) is 0 Å². The Hall–Kier alpha value is -0.890. The molecule has 1 unspecified atom stereocenters. The molecular weight excluding hydrogens is 419 g/mol. The van der Waals surface area contributed by atoms with Gasteiger partial charge in [-0.05, 0) is 40.9 Å². The highest BCUT2D eigenvalue weighted by Crippen LogP contribution is 2.20. The zero-order chi connectivity index (χ0) is 16.1. The molecule has 1 aliphatic heterocycles. The molecule has 6 nitrogen and oxygen atoms in total. The third-order valence-corrected chi connectivity index (χ3v) is 4.40. The zero-order valence-electron chi connectivity index (χ0n) is 13.4. The number of rotatable bonds is 4. The van der Waals surface area contributed by atoms with E-state index < -0.39 is 0 Å². The Morgan fingerprint density at radius 2 is 2.00 bits per heavy atom. The van der Waals surface area contributed by atoms with E-state index in [0.29, 0.717) is 38.3 Å². The number of amides is 2. The number of hydrogen-bond acceptors (Lipinski definition) is 4. The lowest BCUT2D eigenvalue weighted by molar-refractivity contribution is -0.137. The van der Waals surface area contributed by atoms with Gasteiger partial charge in [0.15, 0.2) is 0 Å². The highest BCUT2D eigenvalue weighted by Gasteiger charge is 2.29. The summed E-state index contributed by atoms with van der Waals surface area (Å²) in [6, 6.07) is 3.58. The second-order valence-electron chi connectivity index (χ2n) is 5.59. The fraction of sp³-hybridized carbons (Fsp3) is 0.533.